The topological polar surface area (TPSA) is 52.6 Å². The normalized spacial score (nSPS) is 38.0. The monoisotopic (exact) mass is 248 g/mol. The van der Waals surface area contributed by atoms with Crippen LogP contribution in [0.15, 0.2) is 24.3 Å². The van der Waals surface area contributed by atoms with E-state index in [4.69, 9.17) is 9.47 Å². The predicted molar refractivity (Wildman–Crippen MR) is 63.4 cm³/mol. The number of carbonyl (C=O) groups excluding carboxylic acids is 2. The average Bonchev–Trinajstić information content (AvgIpc) is 2.73. The first-order valence-corrected chi connectivity index (χ1v) is 6.09. The minimum absolute atomic E-state index is 0.216. The molecule has 0 amide bonds. The van der Waals surface area contributed by atoms with Crippen molar-refractivity contribution < 1.29 is 19.1 Å². The molecule has 0 aliphatic heterocycles. The highest BCUT2D eigenvalue weighted by molar-refractivity contribution is 6.06. The molecule has 1 spiro atoms. The van der Waals surface area contributed by atoms with Crippen LogP contribution in [0.1, 0.15) is 12.8 Å². The van der Waals surface area contributed by atoms with Gasteiger partial charge in [-0.2, -0.15) is 0 Å². The number of hydrogen-bond donors (Lipinski definition) is 0. The van der Waals surface area contributed by atoms with Gasteiger partial charge in [-0.05, 0) is 24.7 Å². The van der Waals surface area contributed by atoms with Crippen LogP contribution >= 0.6 is 0 Å². The van der Waals surface area contributed by atoms with Crippen LogP contribution in [0, 0.1) is 22.7 Å². The van der Waals surface area contributed by atoms with E-state index >= 15 is 0 Å². The largest absolute Gasteiger partial charge is 0.468 e. The highest BCUT2D eigenvalue weighted by atomic mass is 16.5. The Morgan fingerprint density at radius 3 is 2.33 bits per heavy atom. The van der Waals surface area contributed by atoms with Crippen LogP contribution in [0.3, 0.4) is 0 Å². The number of ether oxygens (including phenoxy) is 2. The van der Waals surface area contributed by atoms with Gasteiger partial charge in [0.05, 0.1) is 14.2 Å². The van der Waals surface area contributed by atoms with Gasteiger partial charge in [0.25, 0.3) is 0 Å². The van der Waals surface area contributed by atoms with Gasteiger partial charge in [0.1, 0.15) is 0 Å². The second-order valence-electron chi connectivity index (χ2n) is 5.40. The van der Waals surface area contributed by atoms with Gasteiger partial charge in [0, 0.05) is 5.41 Å². The Bertz CT molecular complexity index is 474. The van der Waals surface area contributed by atoms with Gasteiger partial charge in [-0.3, -0.25) is 9.59 Å². The van der Waals surface area contributed by atoms with E-state index in [1.807, 2.05) is 0 Å². The summed E-state index contributed by atoms with van der Waals surface area (Å²) in [4.78, 5) is 24.2. The summed E-state index contributed by atoms with van der Waals surface area (Å²) in [5, 5.41) is 0. The highest BCUT2D eigenvalue weighted by Crippen LogP contribution is 2.79. The molecule has 96 valence electrons. The maximum absolute atomic E-state index is 12.1. The first-order chi connectivity index (χ1) is 8.54. The molecule has 3 aliphatic rings. The van der Waals surface area contributed by atoms with Crippen molar-refractivity contribution in [3.63, 3.8) is 0 Å². The molecule has 0 saturated heterocycles. The Labute approximate surface area is 106 Å². The van der Waals surface area contributed by atoms with E-state index in [0.29, 0.717) is 12.3 Å². The fourth-order valence-corrected chi connectivity index (χ4v) is 4.04. The van der Waals surface area contributed by atoms with Gasteiger partial charge >= 0.3 is 11.9 Å². The van der Waals surface area contributed by atoms with Gasteiger partial charge < -0.3 is 9.47 Å². The third kappa shape index (κ3) is 0.945. The third-order valence-corrected chi connectivity index (χ3v) is 4.99. The number of rotatable bonds is 2. The molecular weight excluding hydrogens is 232 g/mol. The van der Waals surface area contributed by atoms with E-state index in [-0.39, 0.29) is 5.92 Å². The molecule has 0 aromatic carbocycles. The second-order valence-corrected chi connectivity index (χ2v) is 5.40. The molecule has 0 aromatic heterocycles. The maximum Gasteiger partial charge on any atom is 0.324 e. The zero-order valence-electron chi connectivity index (χ0n) is 10.6. The quantitative estimate of drug-likeness (QED) is 0.422. The molecule has 0 radical (unpaired) electrons. The molecule has 0 N–H and O–H groups in total. The Kier molecular flexibility index (Phi) is 2.08. The average molecular weight is 248 g/mol. The molecular formula is C14H16O4. The van der Waals surface area contributed by atoms with E-state index in [9.17, 15) is 9.59 Å². The van der Waals surface area contributed by atoms with Gasteiger partial charge in [-0.15, -0.1) is 0 Å². The Hall–Kier alpha value is -1.58. The lowest BCUT2D eigenvalue weighted by Crippen LogP contribution is -2.36. The Balaban J connectivity index is 2.07. The van der Waals surface area contributed by atoms with Gasteiger partial charge in [0.15, 0.2) is 5.41 Å². The molecule has 4 nitrogen and oxygen atoms in total. The van der Waals surface area contributed by atoms with Crippen LogP contribution in [-0.2, 0) is 19.1 Å². The molecule has 3 atom stereocenters. The molecule has 0 unspecified atom stereocenters. The van der Waals surface area contributed by atoms with Crippen molar-refractivity contribution in [3.05, 3.63) is 24.3 Å². The van der Waals surface area contributed by atoms with Crippen molar-refractivity contribution in [2.24, 2.45) is 22.7 Å². The fourth-order valence-electron chi connectivity index (χ4n) is 4.04. The third-order valence-electron chi connectivity index (χ3n) is 4.99. The summed E-state index contributed by atoms with van der Waals surface area (Å²) in [7, 11) is 2.62. The first kappa shape index (κ1) is 11.5. The summed E-state index contributed by atoms with van der Waals surface area (Å²) in [5.74, 6) is -0.465. The van der Waals surface area contributed by atoms with E-state index in [0.717, 1.165) is 12.0 Å². The number of carbonyl (C=O) groups is 2. The number of esters is 2. The van der Waals surface area contributed by atoms with Crippen LogP contribution < -0.4 is 0 Å². The zero-order valence-corrected chi connectivity index (χ0v) is 10.6. The lowest BCUT2D eigenvalue weighted by atomic mass is 9.78. The summed E-state index contributed by atoms with van der Waals surface area (Å²) in [6, 6.07) is 0. The molecule has 2 fully saturated rings. The van der Waals surface area contributed by atoms with E-state index in [1.54, 1.807) is 0 Å². The minimum Gasteiger partial charge on any atom is -0.468 e. The molecule has 4 heteroatoms. The Morgan fingerprint density at radius 2 is 1.89 bits per heavy atom. The van der Waals surface area contributed by atoms with Crippen molar-refractivity contribution in [1.29, 1.82) is 0 Å². The summed E-state index contributed by atoms with van der Waals surface area (Å²) in [6.45, 7) is 4.11. The molecule has 18 heavy (non-hydrogen) atoms. The highest BCUT2D eigenvalue weighted by Gasteiger charge is 2.83. The molecule has 0 aromatic rings. The number of allylic oxidation sites excluding steroid dienone is 3. The zero-order chi connectivity index (χ0) is 13.1. The van der Waals surface area contributed by atoms with Crippen molar-refractivity contribution in [2.75, 3.05) is 14.2 Å². The van der Waals surface area contributed by atoms with E-state index < -0.39 is 22.8 Å². The summed E-state index contributed by atoms with van der Waals surface area (Å²) < 4.78 is 9.68. The summed E-state index contributed by atoms with van der Waals surface area (Å²) in [6.07, 6.45) is 5.65. The van der Waals surface area contributed by atoms with Crippen molar-refractivity contribution in [3.8, 4) is 0 Å². The fraction of sp³-hybridized carbons (Fsp3) is 0.571. The van der Waals surface area contributed by atoms with Gasteiger partial charge in [-0.1, -0.05) is 24.3 Å². The van der Waals surface area contributed by atoms with E-state index in [2.05, 4.69) is 18.7 Å². The van der Waals surface area contributed by atoms with Crippen molar-refractivity contribution >= 4 is 11.9 Å². The van der Waals surface area contributed by atoms with Gasteiger partial charge in [-0.25, -0.2) is 0 Å². The van der Waals surface area contributed by atoms with Crippen LogP contribution in [0.25, 0.3) is 0 Å². The van der Waals surface area contributed by atoms with Gasteiger partial charge in [0.2, 0.25) is 0 Å². The first-order valence-electron chi connectivity index (χ1n) is 6.09. The minimum atomic E-state index is -1.16. The van der Waals surface area contributed by atoms with E-state index in [1.165, 1.54) is 14.2 Å². The van der Waals surface area contributed by atoms with Crippen molar-refractivity contribution in [2.45, 2.75) is 12.8 Å². The lowest BCUT2D eigenvalue weighted by molar-refractivity contribution is -0.163. The number of methoxy groups -OCH3 is 2. The summed E-state index contributed by atoms with van der Waals surface area (Å²) >= 11 is 0. The predicted octanol–water partition coefficient (Wildman–Crippen LogP) is 1.47. The number of hydrogen-bond acceptors (Lipinski definition) is 4. The Morgan fingerprint density at radius 1 is 1.28 bits per heavy atom. The number of fused-ring (bicyclic) bond motifs is 3. The molecule has 3 aliphatic carbocycles. The van der Waals surface area contributed by atoms with Crippen LogP contribution in [-0.4, -0.2) is 26.2 Å². The SMILES string of the molecule is C=C1[C@@H]2C=C[C@@H](C2)[C@]12CC2(C(=O)OC)C(=O)OC. The standard InChI is InChI=1S/C14H16O4/c1-8-9-4-5-10(6-9)13(8)7-14(13,11(15)17-2)12(16)18-3/h4-5,9-10H,1,6-7H2,2-3H3/t9-,10+,13+/m1/s1. The van der Waals surface area contributed by atoms with Crippen LogP contribution in [0.4, 0.5) is 0 Å². The van der Waals surface area contributed by atoms with Crippen LogP contribution in [0.5, 0.6) is 0 Å². The van der Waals surface area contributed by atoms with Crippen molar-refractivity contribution in [1.82, 2.24) is 0 Å². The van der Waals surface area contributed by atoms with Crippen LogP contribution in [0.2, 0.25) is 0 Å². The molecule has 2 saturated carbocycles. The lowest BCUT2D eigenvalue weighted by Gasteiger charge is -2.25. The second kappa shape index (κ2) is 3.25. The molecule has 3 rings (SSSR count). The summed E-state index contributed by atoms with van der Waals surface area (Å²) in [5.41, 5.74) is -0.615. The smallest absolute Gasteiger partial charge is 0.324 e. The molecule has 2 bridgehead atoms. The molecule has 0 heterocycles. The maximum atomic E-state index is 12.1.